The maximum atomic E-state index is 12.0. The smallest absolute Gasteiger partial charge is 0.410 e. The van der Waals surface area contributed by atoms with Crippen LogP contribution in [-0.2, 0) is 4.74 Å². The number of guanidine groups is 1. The first-order valence-electron chi connectivity index (χ1n) is 9.01. The van der Waals surface area contributed by atoms with Crippen molar-refractivity contribution in [2.45, 2.75) is 58.2 Å². The van der Waals surface area contributed by atoms with E-state index < -0.39 is 5.60 Å². The molecule has 0 aromatic heterocycles. The van der Waals surface area contributed by atoms with Gasteiger partial charge >= 0.3 is 6.09 Å². The van der Waals surface area contributed by atoms with Gasteiger partial charge in [0.1, 0.15) is 5.60 Å². The van der Waals surface area contributed by atoms with Crippen molar-refractivity contribution in [2.24, 2.45) is 4.99 Å². The molecule has 1 unspecified atom stereocenters. The minimum Gasteiger partial charge on any atom is -0.444 e. The lowest BCUT2D eigenvalue weighted by Gasteiger charge is -2.40. The van der Waals surface area contributed by atoms with E-state index in [9.17, 15) is 4.79 Å². The number of hydrogen-bond donors (Lipinski definition) is 2. The van der Waals surface area contributed by atoms with Gasteiger partial charge in [-0.15, -0.1) is 0 Å². The Morgan fingerprint density at radius 2 is 2.04 bits per heavy atom. The summed E-state index contributed by atoms with van der Waals surface area (Å²) in [7, 11) is 2.16. The topological polar surface area (TPSA) is 69.2 Å². The number of rotatable bonds is 4. The van der Waals surface area contributed by atoms with E-state index in [4.69, 9.17) is 9.73 Å². The molecule has 0 bridgehead atoms. The van der Waals surface area contributed by atoms with Crippen LogP contribution in [0.3, 0.4) is 0 Å². The Hall–Kier alpha value is -1.50. The molecule has 0 spiro atoms. The lowest BCUT2D eigenvalue weighted by molar-refractivity contribution is 0.00700. The van der Waals surface area contributed by atoms with Crippen LogP contribution < -0.4 is 10.6 Å². The quantitative estimate of drug-likeness (QED) is 0.596. The summed E-state index contributed by atoms with van der Waals surface area (Å²) < 4.78 is 5.38. The van der Waals surface area contributed by atoms with Crippen LogP contribution in [0, 0.1) is 0 Å². The molecule has 7 nitrogen and oxygen atoms in total. The van der Waals surface area contributed by atoms with Gasteiger partial charge in [0, 0.05) is 25.7 Å². The highest BCUT2D eigenvalue weighted by Gasteiger charge is 2.34. The predicted molar refractivity (Wildman–Crippen MR) is 96.4 cm³/mol. The molecule has 0 aromatic carbocycles. The lowest BCUT2D eigenvalue weighted by Crippen LogP contribution is -2.63. The number of hydrogen-bond acceptors (Lipinski definition) is 4. The van der Waals surface area contributed by atoms with Crippen molar-refractivity contribution < 1.29 is 9.53 Å². The van der Waals surface area contributed by atoms with Crippen molar-refractivity contribution in [1.29, 1.82) is 0 Å². The lowest BCUT2D eigenvalue weighted by atomic mass is 10.1. The molecule has 2 aliphatic rings. The average Bonchev–Trinajstić information content (AvgIpc) is 2.82. The van der Waals surface area contributed by atoms with E-state index in [1.165, 1.54) is 12.8 Å². The Morgan fingerprint density at radius 3 is 2.58 bits per heavy atom. The van der Waals surface area contributed by atoms with E-state index in [0.29, 0.717) is 19.1 Å². The molecule has 2 N–H and O–H groups in total. The van der Waals surface area contributed by atoms with Gasteiger partial charge in [-0.3, -0.25) is 4.99 Å². The van der Waals surface area contributed by atoms with Crippen LogP contribution >= 0.6 is 0 Å². The Kier molecular flexibility index (Phi) is 6.32. The number of amides is 1. The van der Waals surface area contributed by atoms with Gasteiger partial charge in [0.15, 0.2) is 5.96 Å². The second kappa shape index (κ2) is 8.05. The van der Waals surface area contributed by atoms with Gasteiger partial charge < -0.3 is 25.2 Å². The molecule has 1 atom stereocenters. The highest BCUT2D eigenvalue weighted by atomic mass is 16.6. The van der Waals surface area contributed by atoms with Gasteiger partial charge in [0.25, 0.3) is 0 Å². The van der Waals surface area contributed by atoms with Gasteiger partial charge in [0.05, 0.1) is 12.6 Å². The zero-order valence-electron chi connectivity index (χ0n) is 15.8. The molecule has 7 heteroatoms. The van der Waals surface area contributed by atoms with E-state index >= 15 is 0 Å². The molecule has 2 heterocycles. The minimum atomic E-state index is -0.445. The molecule has 0 radical (unpaired) electrons. The van der Waals surface area contributed by atoms with Gasteiger partial charge in [-0.2, -0.15) is 0 Å². The molecule has 2 saturated heterocycles. The maximum absolute atomic E-state index is 12.0. The van der Waals surface area contributed by atoms with E-state index in [0.717, 1.165) is 25.6 Å². The minimum absolute atomic E-state index is 0.233. The number of ether oxygens (including phenoxy) is 1. The first kappa shape index (κ1) is 18.8. The first-order valence-corrected chi connectivity index (χ1v) is 9.01. The molecule has 2 aliphatic heterocycles. The third-order valence-electron chi connectivity index (χ3n) is 4.35. The van der Waals surface area contributed by atoms with Crippen molar-refractivity contribution in [2.75, 3.05) is 39.8 Å². The van der Waals surface area contributed by atoms with E-state index in [-0.39, 0.29) is 12.1 Å². The molecule has 0 aromatic rings. The Labute approximate surface area is 145 Å². The van der Waals surface area contributed by atoms with Crippen LogP contribution in [0.25, 0.3) is 0 Å². The molecule has 0 aliphatic carbocycles. The van der Waals surface area contributed by atoms with Gasteiger partial charge in [-0.1, -0.05) is 0 Å². The van der Waals surface area contributed by atoms with E-state index in [1.807, 2.05) is 20.8 Å². The normalized spacial score (nSPS) is 23.1. The van der Waals surface area contributed by atoms with Crippen LogP contribution in [0.4, 0.5) is 4.79 Å². The molecular formula is C17H33N5O2. The van der Waals surface area contributed by atoms with Crippen LogP contribution in [0.1, 0.15) is 40.5 Å². The van der Waals surface area contributed by atoms with Crippen LogP contribution in [0.15, 0.2) is 4.99 Å². The summed E-state index contributed by atoms with van der Waals surface area (Å²) in [6.07, 6.45) is 2.23. The number of nitrogens with zero attached hydrogens (tertiary/aromatic N) is 3. The number of likely N-dealkylation sites (N-methyl/N-ethyl adjacent to an activating group) is 1. The van der Waals surface area contributed by atoms with E-state index in [1.54, 1.807) is 4.90 Å². The highest BCUT2D eigenvalue weighted by Crippen LogP contribution is 2.16. The van der Waals surface area contributed by atoms with Gasteiger partial charge in [0.2, 0.25) is 0 Å². The monoisotopic (exact) mass is 339 g/mol. The second-order valence-corrected chi connectivity index (χ2v) is 7.72. The fourth-order valence-electron chi connectivity index (χ4n) is 2.97. The average molecular weight is 339 g/mol. The van der Waals surface area contributed by atoms with Crippen LogP contribution in [0.2, 0.25) is 0 Å². The summed E-state index contributed by atoms with van der Waals surface area (Å²) in [5, 5.41) is 6.70. The summed E-state index contributed by atoms with van der Waals surface area (Å²) in [6.45, 7) is 11.8. The van der Waals surface area contributed by atoms with Crippen molar-refractivity contribution in [3.63, 3.8) is 0 Å². The van der Waals surface area contributed by atoms with Crippen LogP contribution in [-0.4, -0.2) is 79.3 Å². The SMILES string of the molecule is CCNC(=NCC1CCCN1C)NC1CN(C(=O)OC(C)(C)C)C1. The Bertz CT molecular complexity index is 454. The third-order valence-corrected chi connectivity index (χ3v) is 4.35. The maximum Gasteiger partial charge on any atom is 0.410 e. The molecule has 138 valence electrons. The van der Waals surface area contributed by atoms with Crippen LogP contribution in [0.5, 0.6) is 0 Å². The molecule has 2 fully saturated rings. The highest BCUT2D eigenvalue weighted by molar-refractivity contribution is 5.80. The second-order valence-electron chi connectivity index (χ2n) is 7.72. The van der Waals surface area contributed by atoms with Crippen molar-refractivity contribution in [3.05, 3.63) is 0 Å². The van der Waals surface area contributed by atoms with E-state index in [2.05, 4.69) is 29.5 Å². The molecule has 24 heavy (non-hydrogen) atoms. The Morgan fingerprint density at radius 1 is 1.33 bits per heavy atom. The molecule has 0 saturated carbocycles. The summed E-state index contributed by atoms with van der Waals surface area (Å²) in [6, 6.07) is 0.775. The molecule has 1 amide bonds. The van der Waals surface area contributed by atoms with Crippen molar-refractivity contribution in [1.82, 2.24) is 20.4 Å². The number of carbonyl (C=O) groups excluding carboxylic acids is 1. The fraction of sp³-hybridized carbons (Fsp3) is 0.882. The summed E-state index contributed by atoms with van der Waals surface area (Å²) in [4.78, 5) is 20.8. The Balaban J connectivity index is 1.77. The summed E-state index contributed by atoms with van der Waals surface area (Å²) in [5.41, 5.74) is -0.445. The number of carbonyl (C=O) groups is 1. The zero-order valence-corrected chi connectivity index (χ0v) is 15.8. The number of likely N-dealkylation sites (tertiary alicyclic amines) is 2. The summed E-state index contributed by atoms with van der Waals surface area (Å²) in [5.74, 6) is 0.839. The number of aliphatic imine (C=N–C) groups is 1. The third kappa shape index (κ3) is 5.54. The van der Waals surface area contributed by atoms with Gasteiger partial charge in [-0.25, -0.2) is 4.79 Å². The first-order chi connectivity index (χ1) is 11.3. The van der Waals surface area contributed by atoms with Crippen molar-refractivity contribution >= 4 is 12.1 Å². The zero-order chi connectivity index (χ0) is 17.7. The molecular weight excluding hydrogens is 306 g/mol. The summed E-state index contributed by atoms with van der Waals surface area (Å²) >= 11 is 0. The standard InChI is InChI=1S/C17H33N5O2/c1-6-18-15(19-10-14-8-7-9-21(14)5)20-13-11-22(12-13)16(23)24-17(2,3)4/h13-14H,6-12H2,1-5H3,(H2,18,19,20). The van der Waals surface area contributed by atoms with Crippen molar-refractivity contribution in [3.8, 4) is 0 Å². The largest absolute Gasteiger partial charge is 0.444 e. The van der Waals surface area contributed by atoms with Gasteiger partial charge in [-0.05, 0) is 54.1 Å². The predicted octanol–water partition coefficient (Wildman–Crippen LogP) is 1.26. The number of nitrogens with one attached hydrogen (secondary N) is 2. The molecule has 2 rings (SSSR count). The fourth-order valence-corrected chi connectivity index (χ4v) is 2.97.